The minimum absolute atomic E-state index is 0.000592. The molecule has 9 heteroatoms. The van der Waals surface area contributed by atoms with Crippen LogP contribution in [0.3, 0.4) is 0 Å². The molecule has 3 heterocycles. The number of carboxylic acid groups (broad SMARTS) is 1. The lowest BCUT2D eigenvalue weighted by Crippen LogP contribution is -2.51. The molecule has 7 rings (SSSR count). The SMILES string of the molecule is N#Cc1c(-c2c[nH]c3ncc(F)cc23)nc(NC2C3CCC(CC3)C2C(=O)O)c(F)c1-c1ccccc1. The van der Waals surface area contributed by atoms with Crippen LogP contribution >= 0.6 is 0 Å². The number of aliphatic carboxylic acids is 1. The molecular weight excluding hydrogens is 476 g/mol. The minimum atomic E-state index is -0.900. The molecule has 0 aliphatic heterocycles. The molecule has 2 atom stereocenters. The van der Waals surface area contributed by atoms with Crippen molar-refractivity contribution in [2.45, 2.75) is 31.7 Å². The lowest BCUT2D eigenvalue weighted by atomic mass is 9.61. The highest BCUT2D eigenvalue weighted by Gasteiger charge is 2.47. The Labute approximate surface area is 211 Å². The van der Waals surface area contributed by atoms with Gasteiger partial charge >= 0.3 is 5.97 Å². The molecule has 2 bridgehead atoms. The molecule has 3 aliphatic rings. The number of carboxylic acids is 1. The second kappa shape index (κ2) is 8.96. The van der Waals surface area contributed by atoms with E-state index in [1.165, 1.54) is 6.07 Å². The van der Waals surface area contributed by atoms with Gasteiger partial charge in [0, 0.05) is 28.8 Å². The number of H-pyrrole nitrogens is 1. The molecule has 3 N–H and O–H groups in total. The number of hydrogen-bond acceptors (Lipinski definition) is 5. The highest BCUT2D eigenvalue weighted by Crippen LogP contribution is 2.47. The number of halogens is 2. The van der Waals surface area contributed by atoms with Crippen LogP contribution in [0.15, 0.2) is 48.8 Å². The van der Waals surface area contributed by atoms with E-state index >= 15 is 4.39 Å². The van der Waals surface area contributed by atoms with Crippen molar-refractivity contribution in [1.82, 2.24) is 15.0 Å². The maximum atomic E-state index is 16.2. The number of aromatic nitrogens is 3. The number of hydrogen-bond donors (Lipinski definition) is 3. The molecule has 3 aromatic heterocycles. The number of benzene rings is 1. The molecule has 37 heavy (non-hydrogen) atoms. The van der Waals surface area contributed by atoms with Crippen LogP contribution in [0.2, 0.25) is 0 Å². The number of pyridine rings is 2. The monoisotopic (exact) mass is 499 g/mol. The van der Waals surface area contributed by atoms with Crippen molar-refractivity contribution in [1.29, 1.82) is 5.26 Å². The van der Waals surface area contributed by atoms with Gasteiger partial charge in [0.1, 0.15) is 17.5 Å². The van der Waals surface area contributed by atoms with Gasteiger partial charge in [-0.05, 0) is 49.1 Å². The van der Waals surface area contributed by atoms with Gasteiger partial charge in [0.25, 0.3) is 0 Å². The first-order chi connectivity index (χ1) is 18.0. The van der Waals surface area contributed by atoms with Gasteiger partial charge in [-0.2, -0.15) is 5.26 Å². The fourth-order valence-electron chi connectivity index (χ4n) is 6.18. The summed E-state index contributed by atoms with van der Waals surface area (Å²) in [5.41, 5.74) is 1.50. The highest BCUT2D eigenvalue weighted by molar-refractivity contribution is 5.96. The number of nitrogens with zero attached hydrogens (tertiary/aromatic N) is 3. The van der Waals surface area contributed by atoms with Crippen molar-refractivity contribution in [2.24, 2.45) is 17.8 Å². The largest absolute Gasteiger partial charge is 0.481 e. The van der Waals surface area contributed by atoms with Gasteiger partial charge in [-0.15, -0.1) is 0 Å². The van der Waals surface area contributed by atoms with Crippen LogP contribution in [0.25, 0.3) is 33.4 Å². The summed E-state index contributed by atoms with van der Waals surface area (Å²) in [7, 11) is 0. The van der Waals surface area contributed by atoms with Gasteiger partial charge < -0.3 is 15.4 Å². The summed E-state index contributed by atoms with van der Waals surface area (Å²) in [5, 5.41) is 23.7. The number of anilines is 1. The molecule has 3 fully saturated rings. The highest BCUT2D eigenvalue weighted by atomic mass is 19.1. The molecule has 186 valence electrons. The van der Waals surface area contributed by atoms with E-state index in [-0.39, 0.29) is 34.5 Å². The number of carbonyl (C=O) groups is 1. The molecule has 1 aromatic carbocycles. The van der Waals surface area contributed by atoms with E-state index < -0.39 is 29.6 Å². The zero-order valence-corrected chi connectivity index (χ0v) is 19.7. The Morgan fingerprint density at radius 1 is 1.14 bits per heavy atom. The summed E-state index contributed by atoms with van der Waals surface area (Å²) < 4.78 is 30.3. The standard InChI is InChI=1S/C28H23F2N5O2/c29-17-10-18-20(13-33-26(18)32-12-17)25-19(11-31)21(14-4-2-1-3-5-14)23(30)27(35-25)34-24-16-8-6-15(7-9-16)22(24)28(36)37/h1-5,10,12-13,15-16,22,24H,6-9H2,(H,32,33)(H,34,35)(H,36,37). The van der Waals surface area contributed by atoms with Crippen LogP contribution < -0.4 is 5.32 Å². The van der Waals surface area contributed by atoms with Crippen molar-refractivity contribution in [3.8, 4) is 28.5 Å². The summed E-state index contributed by atoms with van der Waals surface area (Å²) in [6, 6.07) is 11.6. The third kappa shape index (κ3) is 3.80. The van der Waals surface area contributed by atoms with Crippen molar-refractivity contribution in [3.05, 3.63) is 66.0 Å². The lowest BCUT2D eigenvalue weighted by molar-refractivity contribution is -0.148. The fourth-order valence-corrected chi connectivity index (χ4v) is 6.18. The van der Waals surface area contributed by atoms with Crippen molar-refractivity contribution in [2.75, 3.05) is 5.32 Å². The maximum Gasteiger partial charge on any atom is 0.308 e. The van der Waals surface area contributed by atoms with E-state index in [9.17, 15) is 19.6 Å². The van der Waals surface area contributed by atoms with Crippen molar-refractivity contribution in [3.63, 3.8) is 0 Å². The number of rotatable bonds is 5. The Hall–Kier alpha value is -4.32. The molecule has 2 unspecified atom stereocenters. The van der Waals surface area contributed by atoms with Crippen molar-refractivity contribution < 1.29 is 18.7 Å². The summed E-state index contributed by atoms with van der Waals surface area (Å²) >= 11 is 0. The zero-order chi connectivity index (χ0) is 25.7. The summed E-state index contributed by atoms with van der Waals surface area (Å²) in [5.74, 6) is -2.84. The van der Waals surface area contributed by atoms with Crippen LogP contribution in [0.4, 0.5) is 14.6 Å². The maximum absolute atomic E-state index is 16.2. The summed E-state index contributed by atoms with van der Waals surface area (Å²) in [6.45, 7) is 0. The summed E-state index contributed by atoms with van der Waals surface area (Å²) in [4.78, 5) is 23.8. The molecule has 0 saturated heterocycles. The predicted octanol–water partition coefficient (Wildman–Crippen LogP) is 5.74. The Balaban J connectivity index is 1.57. The topological polar surface area (TPSA) is 115 Å². The average Bonchev–Trinajstić information content (AvgIpc) is 3.33. The van der Waals surface area contributed by atoms with E-state index in [0.717, 1.165) is 31.9 Å². The smallest absolute Gasteiger partial charge is 0.308 e. The number of nitrogens with one attached hydrogen (secondary N) is 2. The van der Waals surface area contributed by atoms with Crippen LogP contribution in [-0.2, 0) is 4.79 Å². The predicted molar refractivity (Wildman–Crippen MR) is 133 cm³/mol. The quantitative estimate of drug-likeness (QED) is 0.322. The first-order valence-corrected chi connectivity index (χ1v) is 12.3. The fraction of sp³-hybridized carbons (Fsp3) is 0.286. The molecule has 4 aromatic rings. The number of aromatic amines is 1. The van der Waals surface area contributed by atoms with Crippen LogP contribution in [-0.4, -0.2) is 32.1 Å². The Morgan fingerprint density at radius 3 is 2.57 bits per heavy atom. The van der Waals surface area contributed by atoms with E-state index in [0.29, 0.717) is 22.2 Å². The first kappa shape index (κ1) is 23.1. The molecule has 0 spiro atoms. The van der Waals surface area contributed by atoms with Gasteiger partial charge in [0.2, 0.25) is 0 Å². The van der Waals surface area contributed by atoms with Crippen LogP contribution in [0.1, 0.15) is 31.2 Å². The molecule has 3 aliphatic carbocycles. The Kier molecular flexibility index (Phi) is 5.60. The van der Waals surface area contributed by atoms with Crippen LogP contribution in [0.5, 0.6) is 0 Å². The van der Waals surface area contributed by atoms with Gasteiger partial charge in [-0.1, -0.05) is 30.3 Å². The molecule has 0 amide bonds. The van der Waals surface area contributed by atoms with Gasteiger partial charge in [0.15, 0.2) is 11.6 Å². The second-order valence-electron chi connectivity index (χ2n) is 9.81. The third-order valence-electron chi connectivity index (χ3n) is 7.87. The van der Waals surface area contributed by atoms with Crippen molar-refractivity contribution >= 4 is 22.8 Å². The van der Waals surface area contributed by atoms with E-state index in [4.69, 9.17) is 0 Å². The minimum Gasteiger partial charge on any atom is -0.481 e. The zero-order valence-electron chi connectivity index (χ0n) is 19.7. The van der Waals surface area contributed by atoms with Gasteiger partial charge in [-0.3, -0.25) is 4.79 Å². The third-order valence-corrected chi connectivity index (χ3v) is 7.87. The molecule has 3 saturated carbocycles. The average molecular weight is 500 g/mol. The Morgan fingerprint density at radius 2 is 1.86 bits per heavy atom. The molecule has 7 nitrogen and oxygen atoms in total. The lowest BCUT2D eigenvalue weighted by Gasteiger charge is -2.47. The van der Waals surface area contributed by atoms with Crippen LogP contribution in [0, 0.1) is 40.7 Å². The van der Waals surface area contributed by atoms with E-state index in [1.807, 2.05) is 0 Å². The normalized spacial score (nSPS) is 22.6. The number of nitriles is 1. The molecular formula is C28H23F2N5O2. The van der Waals surface area contributed by atoms with E-state index in [2.05, 4.69) is 26.3 Å². The second-order valence-corrected chi connectivity index (χ2v) is 9.81. The summed E-state index contributed by atoms with van der Waals surface area (Å²) in [6.07, 6.45) is 6.08. The van der Waals surface area contributed by atoms with E-state index in [1.54, 1.807) is 36.5 Å². The number of fused-ring (bicyclic) bond motifs is 4. The Bertz CT molecular complexity index is 1550. The van der Waals surface area contributed by atoms with Gasteiger partial charge in [-0.25, -0.2) is 18.7 Å². The van der Waals surface area contributed by atoms with Gasteiger partial charge in [0.05, 0.1) is 23.4 Å². The first-order valence-electron chi connectivity index (χ1n) is 12.3. The molecule has 0 radical (unpaired) electrons.